The highest BCUT2D eigenvalue weighted by atomic mass is 35.6. The Labute approximate surface area is 110 Å². The summed E-state index contributed by atoms with van der Waals surface area (Å²) in [6, 6.07) is 2.79. The van der Waals surface area contributed by atoms with Crippen LogP contribution >= 0.6 is 18.1 Å². The van der Waals surface area contributed by atoms with Crippen molar-refractivity contribution in [3.05, 3.63) is 35.4 Å². The number of alkyl halides is 6. The first-order valence-corrected chi connectivity index (χ1v) is 8.18. The first-order chi connectivity index (χ1) is 7.62. The van der Waals surface area contributed by atoms with Crippen LogP contribution in [0.15, 0.2) is 18.2 Å². The van der Waals surface area contributed by atoms with Crippen molar-refractivity contribution in [3.63, 3.8) is 0 Å². The average molecular weight is 308 g/mol. The third-order valence-corrected chi connectivity index (χ3v) is 1.44. The number of rotatable bonds is 0. The molecule has 0 amide bonds. The highest BCUT2D eigenvalue weighted by Gasteiger charge is 2.35. The lowest BCUT2D eigenvalue weighted by Crippen LogP contribution is -2.10. The molecule has 0 fully saturated rings. The van der Waals surface area contributed by atoms with Gasteiger partial charge in [0, 0.05) is 0 Å². The van der Waals surface area contributed by atoms with Gasteiger partial charge in [0.05, 0.1) is 11.1 Å². The van der Waals surface area contributed by atoms with Crippen LogP contribution < -0.4 is 0 Å². The van der Waals surface area contributed by atoms with Crippen molar-refractivity contribution in [3.8, 4) is 0 Å². The summed E-state index contributed by atoms with van der Waals surface area (Å²) in [7, 11) is 9.81. The van der Waals surface area contributed by atoms with E-state index in [9.17, 15) is 26.3 Å². The Bertz CT molecular complexity index is 319. The Kier molecular flexibility index (Phi) is 6.97. The van der Waals surface area contributed by atoms with Gasteiger partial charge in [0.25, 0.3) is 0 Å². The van der Waals surface area contributed by atoms with Crippen LogP contribution in [0.25, 0.3) is 0 Å². The lowest BCUT2D eigenvalue weighted by atomic mass is 10.1. The van der Waals surface area contributed by atoms with Crippen LogP contribution in [0.3, 0.4) is 0 Å². The number of hydrogen-bond donors (Lipinski definition) is 0. The molecule has 17 heavy (non-hydrogen) atoms. The summed E-state index contributed by atoms with van der Waals surface area (Å²) in [6.45, 7) is 0. The van der Waals surface area contributed by atoms with Gasteiger partial charge in [-0.2, -0.15) is 26.3 Å². The third kappa shape index (κ3) is 6.59. The van der Waals surface area contributed by atoms with Gasteiger partial charge in [-0.05, 0) is 24.3 Å². The zero-order valence-corrected chi connectivity index (χ0v) is 10.9. The summed E-state index contributed by atoms with van der Waals surface area (Å²) >= 11 is -0.639. The average Bonchev–Trinajstić information content (AvgIpc) is 2.16. The summed E-state index contributed by atoms with van der Waals surface area (Å²) in [5, 5.41) is 0. The number of halogens is 8. The van der Waals surface area contributed by atoms with Crippen LogP contribution in [-0.4, -0.2) is 18.2 Å². The van der Waals surface area contributed by atoms with Crippen LogP contribution in [0.5, 0.6) is 0 Å². The van der Waals surface area contributed by atoms with Gasteiger partial charge in [0.2, 0.25) is 0 Å². The molecule has 0 saturated heterocycles. The molecule has 0 nitrogen and oxygen atoms in total. The summed E-state index contributed by atoms with van der Waals surface area (Å²) < 4.78 is 71.8. The van der Waals surface area contributed by atoms with E-state index in [4.69, 9.17) is 18.1 Å². The van der Waals surface area contributed by atoms with Crippen molar-refractivity contribution < 1.29 is 26.3 Å². The second kappa shape index (κ2) is 6.91. The SMILES string of the molecule is FC(F)(F)c1c[c]cc(C(F)(F)F)c1.[Cl][Mg][Cl]. The van der Waals surface area contributed by atoms with Gasteiger partial charge in [-0.1, -0.05) is 0 Å². The quantitative estimate of drug-likeness (QED) is 0.488. The van der Waals surface area contributed by atoms with E-state index in [0.29, 0.717) is 12.1 Å². The van der Waals surface area contributed by atoms with Gasteiger partial charge in [0.15, 0.2) is 0 Å². The van der Waals surface area contributed by atoms with Crippen LogP contribution in [0.2, 0.25) is 0 Å². The monoisotopic (exact) mass is 307 g/mol. The topological polar surface area (TPSA) is 0 Å². The molecule has 0 bridgehead atoms. The van der Waals surface area contributed by atoms with Crippen molar-refractivity contribution >= 4 is 36.3 Å². The van der Waals surface area contributed by atoms with Gasteiger partial charge in [-0.3, -0.25) is 0 Å². The maximum Gasteiger partial charge on any atom is 0.618 e. The molecule has 0 saturated carbocycles. The van der Waals surface area contributed by atoms with Crippen molar-refractivity contribution in [2.45, 2.75) is 12.4 Å². The largest absolute Gasteiger partial charge is 0.618 e. The Hall–Kier alpha value is 0.146. The maximum atomic E-state index is 12.0. The van der Waals surface area contributed by atoms with Gasteiger partial charge in [-0.15, -0.1) is 0 Å². The summed E-state index contributed by atoms with van der Waals surface area (Å²) in [5.74, 6) is 0. The molecule has 0 atom stereocenters. The first kappa shape index (κ1) is 17.1. The van der Waals surface area contributed by atoms with Crippen molar-refractivity contribution in [1.29, 1.82) is 0 Å². The molecule has 1 aromatic carbocycles. The zero-order chi connectivity index (χ0) is 13.7. The van der Waals surface area contributed by atoms with E-state index >= 15 is 0 Å². The molecule has 0 aliphatic carbocycles. The fraction of sp³-hybridized carbons (Fsp3) is 0.250. The number of benzene rings is 1. The van der Waals surface area contributed by atoms with E-state index in [2.05, 4.69) is 0 Å². The molecule has 0 aliphatic heterocycles. The summed E-state index contributed by atoms with van der Waals surface area (Å²) in [6.07, 6.45) is -9.56. The molecule has 0 spiro atoms. The fourth-order valence-electron chi connectivity index (χ4n) is 0.799. The van der Waals surface area contributed by atoms with Gasteiger partial charge < -0.3 is 18.1 Å². The van der Waals surface area contributed by atoms with E-state index in [1.54, 1.807) is 6.07 Å². The van der Waals surface area contributed by atoms with Crippen molar-refractivity contribution in [2.75, 3.05) is 0 Å². The van der Waals surface area contributed by atoms with E-state index in [1.165, 1.54) is 0 Å². The molecule has 0 heterocycles. The van der Waals surface area contributed by atoms with Gasteiger partial charge in [-0.25, -0.2) is 0 Å². The van der Waals surface area contributed by atoms with E-state index < -0.39 is 41.6 Å². The molecule has 0 aliphatic rings. The minimum absolute atomic E-state index is 0.0521. The first-order valence-electron chi connectivity index (χ1n) is 3.90. The minimum Gasteiger partial charge on any atom is -0.309 e. The van der Waals surface area contributed by atoms with Crippen LogP contribution in [0, 0.1) is 6.07 Å². The second-order valence-corrected chi connectivity index (χ2v) is 5.23. The second-order valence-electron chi connectivity index (χ2n) is 2.61. The van der Waals surface area contributed by atoms with Gasteiger partial charge >= 0.3 is 30.5 Å². The molecule has 9 heteroatoms. The molecule has 0 unspecified atom stereocenters. The van der Waals surface area contributed by atoms with Crippen molar-refractivity contribution in [1.82, 2.24) is 0 Å². The zero-order valence-electron chi connectivity index (χ0n) is 7.96. The standard InChI is InChI=1S/C8H3F6.2ClH.Mg/c9-7(10,11)5-2-1-3-6(4-5)8(12,13)14;;;/h2-4H;2*1H;/q;;;+2/p-2. The Morgan fingerprint density at radius 3 is 1.41 bits per heavy atom. The summed E-state index contributed by atoms with van der Waals surface area (Å²) in [4.78, 5) is 0. The highest BCUT2D eigenvalue weighted by molar-refractivity contribution is 7.22. The smallest absolute Gasteiger partial charge is 0.309 e. The lowest BCUT2D eigenvalue weighted by molar-refractivity contribution is -0.143. The minimum atomic E-state index is -4.78. The van der Waals surface area contributed by atoms with E-state index in [1.807, 2.05) is 0 Å². The molecule has 1 rings (SSSR count). The maximum absolute atomic E-state index is 12.0. The lowest BCUT2D eigenvalue weighted by Gasteiger charge is -2.10. The van der Waals surface area contributed by atoms with Gasteiger partial charge in [0.1, 0.15) is 0 Å². The van der Waals surface area contributed by atoms with E-state index in [0.717, 1.165) is 0 Å². The van der Waals surface area contributed by atoms with E-state index in [-0.39, 0.29) is 6.07 Å². The Morgan fingerprint density at radius 1 is 0.882 bits per heavy atom. The van der Waals surface area contributed by atoms with Crippen molar-refractivity contribution in [2.24, 2.45) is 0 Å². The molecule has 1 radical (unpaired) electrons. The highest BCUT2D eigenvalue weighted by Crippen LogP contribution is 2.34. The normalized spacial score (nSPS) is 11.3. The molecule has 0 aromatic heterocycles. The van der Waals surface area contributed by atoms with Crippen LogP contribution in [0.1, 0.15) is 11.1 Å². The van der Waals surface area contributed by atoms with Crippen LogP contribution in [0.4, 0.5) is 26.3 Å². The molecule has 0 N–H and O–H groups in total. The predicted octanol–water partition coefficient (Wildman–Crippen LogP) is 4.52. The molecule has 1 aromatic rings. The third-order valence-electron chi connectivity index (χ3n) is 1.44. The summed E-state index contributed by atoms with van der Waals surface area (Å²) in [5.41, 5.74) is -2.71. The molecular weight excluding hydrogens is 305 g/mol. The predicted molar refractivity (Wildman–Crippen MR) is 52.7 cm³/mol. The molecular formula is C8H3Cl2F6Mg. The Morgan fingerprint density at radius 2 is 1.18 bits per heavy atom. The fourth-order valence-corrected chi connectivity index (χ4v) is 0.799. The van der Waals surface area contributed by atoms with Crippen LogP contribution in [-0.2, 0) is 12.4 Å². The number of hydrogen-bond acceptors (Lipinski definition) is 0. The Balaban J connectivity index is 0.000000770. The molecule has 93 valence electrons.